The number of hydrogen-bond acceptors (Lipinski definition) is 4. The predicted octanol–water partition coefficient (Wildman–Crippen LogP) is 0.905. The van der Waals surface area contributed by atoms with Crippen LogP contribution >= 0.6 is 0 Å². The van der Waals surface area contributed by atoms with Crippen molar-refractivity contribution in [1.29, 1.82) is 0 Å². The van der Waals surface area contributed by atoms with Crippen LogP contribution < -0.4 is 5.32 Å². The van der Waals surface area contributed by atoms with Crippen LogP contribution in [0, 0.1) is 6.92 Å². The Morgan fingerprint density at radius 1 is 1.38 bits per heavy atom. The molecule has 0 spiro atoms. The van der Waals surface area contributed by atoms with Gasteiger partial charge in [-0.25, -0.2) is 9.97 Å². The van der Waals surface area contributed by atoms with E-state index in [9.17, 15) is 0 Å². The molecule has 0 aliphatic heterocycles. The third-order valence-corrected chi connectivity index (χ3v) is 2.23. The molecule has 0 amide bonds. The van der Waals surface area contributed by atoms with Gasteiger partial charge in [-0.05, 0) is 20.0 Å². The molecule has 84 valence electrons. The van der Waals surface area contributed by atoms with Crippen LogP contribution in [0.4, 0.5) is 0 Å². The van der Waals surface area contributed by atoms with Crippen LogP contribution in [0.15, 0.2) is 18.5 Å². The van der Waals surface area contributed by atoms with Gasteiger partial charge in [-0.1, -0.05) is 0 Å². The van der Waals surface area contributed by atoms with Gasteiger partial charge in [0.15, 0.2) is 5.82 Å². The minimum atomic E-state index is 0.735. The minimum Gasteiger partial charge on any atom is -0.314 e. The third kappa shape index (κ3) is 2.25. The summed E-state index contributed by atoms with van der Waals surface area (Å²) in [6, 6.07) is 1.98. The first-order valence-corrected chi connectivity index (χ1v) is 5.17. The minimum absolute atomic E-state index is 0.735. The van der Waals surface area contributed by atoms with Crippen molar-refractivity contribution in [3.63, 3.8) is 0 Å². The van der Waals surface area contributed by atoms with E-state index in [4.69, 9.17) is 0 Å². The van der Waals surface area contributed by atoms with E-state index < -0.39 is 0 Å². The van der Waals surface area contributed by atoms with E-state index in [1.54, 1.807) is 10.9 Å². The van der Waals surface area contributed by atoms with Gasteiger partial charge in [0.05, 0.1) is 17.5 Å². The summed E-state index contributed by atoms with van der Waals surface area (Å²) in [5.41, 5.74) is 2.91. The smallest absolute Gasteiger partial charge is 0.162 e. The van der Waals surface area contributed by atoms with Crippen molar-refractivity contribution in [2.24, 2.45) is 7.05 Å². The zero-order valence-electron chi connectivity index (χ0n) is 9.73. The Balaban J connectivity index is 2.40. The molecule has 1 N–H and O–H groups in total. The molecule has 0 radical (unpaired) electrons. The topological polar surface area (TPSA) is 55.6 Å². The largest absolute Gasteiger partial charge is 0.314 e. The Morgan fingerprint density at radius 2 is 2.19 bits per heavy atom. The molecule has 0 atom stereocenters. The third-order valence-electron chi connectivity index (χ3n) is 2.23. The highest BCUT2D eigenvalue weighted by molar-refractivity contribution is 5.52. The molecule has 0 bridgehead atoms. The lowest BCUT2D eigenvalue weighted by Crippen LogP contribution is -2.08. The van der Waals surface area contributed by atoms with E-state index in [-0.39, 0.29) is 0 Å². The van der Waals surface area contributed by atoms with Gasteiger partial charge in [-0.3, -0.25) is 4.68 Å². The number of hydrogen-bond donors (Lipinski definition) is 1. The summed E-state index contributed by atoms with van der Waals surface area (Å²) in [5, 5.41) is 7.20. The number of nitrogens with one attached hydrogen (secondary N) is 1. The van der Waals surface area contributed by atoms with E-state index in [0.717, 1.165) is 29.3 Å². The van der Waals surface area contributed by atoms with E-state index in [0.29, 0.717) is 0 Å². The summed E-state index contributed by atoms with van der Waals surface area (Å²) < 4.78 is 1.75. The second-order valence-corrected chi connectivity index (χ2v) is 3.76. The lowest BCUT2D eigenvalue weighted by atomic mass is 10.3. The maximum absolute atomic E-state index is 4.48. The molecule has 0 aromatic carbocycles. The average Bonchev–Trinajstić information content (AvgIpc) is 2.64. The molecule has 0 saturated carbocycles. The van der Waals surface area contributed by atoms with Crippen LogP contribution in [-0.4, -0.2) is 26.8 Å². The fourth-order valence-electron chi connectivity index (χ4n) is 1.57. The zero-order chi connectivity index (χ0) is 11.5. The number of aromatic nitrogens is 4. The van der Waals surface area contributed by atoms with Crippen molar-refractivity contribution in [1.82, 2.24) is 25.1 Å². The van der Waals surface area contributed by atoms with Crippen LogP contribution in [0.1, 0.15) is 11.4 Å². The van der Waals surface area contributed by atoms with Crippen LogP contribution in [0.2, 0.25) is 0 Å². The standard InChI is InChI=1S/C11H15N5/c1-8-4-10(6-12-2)15-11(14-8)9-5-13-16(3)7-9/h4-5,7,12H,6H2,1-3H3. The highest BCUT2D eigenvalue weighted by Gasteiger charge is 2.06. The van der Waals surface area contributed by atoms with E-state index in [2.05, 4.69) is 20.4 Å². The van der Waals surface area contributed by atoms with Crippen molar-refractivity contribution in [3.8, 4) is 11.4 Å². The maximum atomic E-state index is 4.48. The monoisotopic (exact) mass is 217 g/mol. The molecule has 0 saturated heterocycles. The summed E-state index contributed by atoms with van der Waals surface area (Å²) in [6.07, 6.45) is 3.69. The SMILES string of the molecule is CNCc1cc(C)nc(-c2cnn(C)c2)n1. The molecule has 5 nitrogen and oxygen atoms in total. The average molecular weight is 217 g/mol. The van der Waals surface area contributed by atoms with Crippen molar-refractivity contribution in [3.05, 3.63) is 29.8 Å². The van der Waals surface area contributed by atoms with Crippen molar-refractivity contribution < 1.29 is 0 Å². The summed E-state index contributed by atoms with van der Waals surface area (Å²) in [5.74, 6) is 0.735. The van der Waals surface area contributed by atoms with Crippen molar-refractivity contribution in [2.75, 3.05) is 7.05 Å². The predicted molar refractivity (Wildman–Crippen MR) is 61.7 cm³/mol. The van der Waals surface area contributed by atoms with Gasteiger partial charge in [0.25, 0.3) is 0 Å². The van der Waals surface area contributed by atoms with Crippen LogP contribution in [0.25, 0.3) is 11.4 Å². The number of aryl methyl sites for hydroxylation is 2. The van der Waals surface area contributed by atoms with Gasteiger partial charge < -0.3 is 5.32 Å². The molecule has 0 aliphatic rings. The summed E-state index contributed by atoms with van der Waals surface area (Å²) >= 11 is 0. The summed E-state index contributed by atoms with van der Waals surface area (Å²) in [7, 11) is 3.79. The molecule has 0 fully saturated rings. The quantitative estimate of drug-likeness (QED) is 0.830. The number of nitrogens with zero attached hydrogens (tertiary/aromatic N) is 4. The first-order chi connectivity index (χ1) is 7.69. The fraction of sp³-hybridized carbons (Fsp3) is 0.364. The van der Waals surface area contributed by atoms with E-state index in [1.807, 2.05) is 33.3 Å². The summed E-state index contributed by atoms with van der Waals surface area (Å²) in [4.78, 5) is 8.89. The van der Waals surface area contributed by atoms with Crippen LogP contribution in [0.5, 0.6) is 0 Å². The fourth-order valence-corrected chi connectivity index (χ4v) is 1.57. The Labute approximate surface area is 94.5 Å². The lowest BCUT2D eigenvalue weighted by molar-refractivity contribution is 0.767. The zero-order valence-corrected chi connectivity index (χ0v) is 9.73. The van der Waals surface area contributed by atoms with Gasteiger partial charge in [0.1, 0.15) is 0 Å². The molecule has 2 aromatic heterocycles. The normalized spacial score (nSPS) is 10.7. The summed E-state index contributed by atoms with van der Waals surface area (Å²) in [6.45, 7) is 2.72. The van der Waals surface area contributed by atoms with Crippen LogP contribution in [0.3, 0.4) is 0 Å². The molecular formula is C11H15N5. The lowest BCUT2D eigenvalue weighted by Gasteiger charge is -2.03. The van der Waals surface area contributed by atoms with E-state index in [1.165, 1.54) is 0 Å². The van der Waals surface area contributed by atoms with Gasteiger partial charge in [-0.15, -0.1) is 0 Å². The highest BCUT2D eigenvalue weighted by atomic mass is 15.2. The van der Waals surface area contributed by atoms with Gasteiger partial charge >= 0.3 is 0 Å². The Morgan fingerprint density at radius 3 is 2.81 bits per heavy atom. The molecule has 16 heavy (non-hydrogen) atoms. The molecule has 2 rings (SSSR count). The second-order valence-electron chi connectivity index (χ2n) is 3.76. The maximum Gasteiger partial charge on any atom is 0.162 e. The van der Waals surface area contributed by atoms with Crippen molar-refractivity contribution >= 4 is 0 Å². The number of rotatable bonds is 3. The molecule has 2 aromatic rings. The first-order valence-electron chi connectivity index (χ1n) is 5.17. The highest BCUT2D eigenvalue weighted by Crippen LogP contribution is 2.14. The Hall–Kier alpha value is -1.75. The van der Waals surface area contributed by atoms with Crippen LogP contribution in [-0.2, 0) is 13.6 Å². The van der Waals surface area contributed by atoms with Gasteiger partial charge in [-0.2, -0.15) is 5.10 Å². The second kappa shape index (κ2) is 4.40. The van der Waals surface area contributed by atoms with E-state index >= 15 is 0 Å². The first kappa shape index (κ1) is 10.8. The molecule has 2 heterocycles. The molecule has 5 heteroatoms. The van der Waals surface area contributed by atoms with Gasteiger partial charge in [0.2, 0.25) is 0 Å². The molecule has 0 aliphatic carbocycles. The molecule has 0 unspecified atom stereocenters. The van der Waals surface area contributed by atoms with Gasteiger partial charge in [0, 0.05) is 25.5 Å². The Bertz CT molecular complexity index is 489. The van der Waals surface area contributed by atoms with Crippen molar-refractivity contribution in [2.45, 2.75) is 13.5 Å². The Kier molecular flexibility index (Phi) is 2.96. The molecular weight excluding hydrogens is 202 g/mol.